The molecule has 0 fully saturated rings. The predicted molar refractivity (Wildman–Crippen MR) is 106 cm³/mol. The van der Waals surface area contributed by atoms with Gasteiger partial charge in [-0.1, -0.05) is 72.8 Å². The van der Waals surface area contributed by atoms with Crippen molar-refractivity contribution in [2.45, 2.75) is 12.5 Å². The SMILES string of the molecule is Fc1cccc(N2N=C(/C=C/c3ccccc3)C[C@H]2c2ccccc2)c1. The molecule has 1 heterocycles. The summed E-state index contributed by atoms with van der Waals surface area (Å²) in [4.78, 5) is 0. The number of hydrogen-bond donors (Lipinski definition) is 0. The maximum Gasteiger partial charge on any atom is 0.125 e. The summed E-state index contributed by atoms with van der Waals surface area (Å²) in [5.74, 6) is -0.252. The summed E-state index contributed by atoms with van der Waals surface area (Å²) in [6.45, 7) is 0. The summed E-state index contributed by atoms with van der Waals surface area (Å²) in [6.07, 6.45) is 4.89. The van der Waals surface area contributed by atoms with Gasteiger partial charge in [0, 0.05) is 6.42 Å². The predicted octanol–water partition coefficient (Wildman–Crippen LogP) is 5.85. The Morgan fingerprint density at radius 2 is 1.58 bits per heavy atom. The molecule has 1 aliphatic heterocycles. The van der Waals surface area contributed by atoms with Crippen LogP contribution in [0.3, 0.4) is 0 Å². The lowest BCUT2D eigenvalue weighted by molar-refractivity contribution is 0.624. The van der Waals surface area contributed by atoms with E-state index in [4.69, 9.17) is 5.10 Å². The van der Waals surface area contributed by atoms with E-state index in [0.717, 1.165) is 23.4 Å². The molecule has 0 saturated heterocycles. The molecule has 0 spiro atoms. The molecule has 1 aliphatic rings. The highest BCUT2D eigenvalue weighted by Gasteiger charge is 2.28. The minimum atomic E-state index is -0.252. The van der Waals surface area contributed by atoms with Crippen LogP contribution in [-0.4, -0.2) is 5.71 Å². The molecule has 26 heavy (non-hydrogen) atoms. The molecule has 0 amide bonds. The number of halogens is 1. The summed E-state index contributed by atoms with van der Waals surface area (Å²) in [6, 6.07) is 27.1. The third-order valence-corrected chi connectivity index (χ3v) is 4.46. The zero-order chi connectivity index (χ0) is 17.8. The first-order chi connectivity index (χ1) is 12.8. The molecule has 4 rings (SSSR count). The number of hydrogen-bond acceptors (Lipinski definition) is 2. The zero-order valence-electron chi connectivity index (χ0n) is 14.3. The second kappa shape index (κ2) is 7.36. The molecule has 0 aliphatic carbocycles. The van der Waals surface area contributed by atoms with Crippen LogP contribution in [-0.2, 0) is 0 Å². The summed E-state index contributed by atoms with van der Waals surface area (Å²) in [5, 5.41) is 6.69. The molecule has 3 aromatic carbocycles. The molecule has 0 N–H and O–H groups in total. The molecular weight excluding hydrogens is 323 g/mol. The summed E-state index contributed by atoms with van der Waals surface area (Å²) in [5.41, 5.74) is 4.05. The Morgan fingerprint density at radius 1 is 0.846 bits per heavy atom. The van der Waals surface area contributed by atoms with Crippen LogP contribution in [0.5, 0.6) is 0 Å². The summed E-state index contributed by atoms with van der Waals surface area (Å²) >= 11 is 0. The lowest BCUT2D eigenvalue weighted by atomic mass is 10.0. The third kappa shape index (κ3) is 3.57. The Labute approximate surface area is 152 Å². The van der Waals surface area contributed by atoms with Crippen molar-refractivity contribution in [3.05, 3.63) is 108 Å². The van der Waals surface area contributed by atoms with Gasteiger partial charge in [-0.25, -0.2) is 4.39 Å². The quantitative estimate of drug-likeness (QED) is 0.581. The average Bonchev–Trinajstić information content (AvgIpc) is 3.12. The van der Waals surface area contributed by atoms with E-state index in [2.05, 4.69) is 30.3 Å². The first-order valence-corrected chi connectivity index (χ1v) is 8.70. The Morgan fingerprint density at radius 3 is 2.31 bits per heavy atom. The summed E-state index contributed by atoms with van der Waals surface area (Å²) < 4.78 is 13.7. The number of benzene rings is 3. The van der Waals surface area contributed by atoms with Crippen LogP contribution in [0.15, 0.2) is 96.1 Å². The van der Waals surface area contributed by atoms with Gasteiger partial charge < -0.3 is 0 Å². The number of rotatable bonds is 4. The van der Waals surface area contributed by atoms with Crippen LogP contribution in [0, 0.1) is 5.82 Å². The lowest BCUT2D eigenvalue weighted by Crippen LogP contribution is -2.18. The van der Waals surface area contributed by atoms with Crippen molar-refractivity contribution in [1.82, 2.24) is 0 Å². The van der Waals surface area contributed by atoms with Gasteiger partial charge in [-0.15, -0.1) is 0 Å². The topological polar surface area (TPSA) is 15.6 Å². The average molecular weight is 342 g/mol. The van der Waals surface area contributed by atoms with Crippen LogP contribution >= 0.6 is 0 Å². The van der Waals surface area contributed by atoms with E-state index >= 15 is 0 Å². The Bertz CT molecular complexity index is 933. The Hall–Kier alpha value is -3.20. The van der Waals surface area contributed by atoms with Gasteiger partial charge in [0.15, 0.2) is 0 Å². The van der Waals surface area contributed by atoms with Crippen molar-refractivity contribution in [3.63, 3.8) is 0 Å². The first kappa shape index (κ1) is 16.3. The molecule has 0 aromatic heterocycles. The van der Waals surface area contributed by atoms with Gasteiger partial charge in [0.1, 0.15) is 5.82 Å². The first-order valence-electron chi connectivity index (χ1n) is 8.70. The Kier molecular flexibility index (Phi) is 4.61. The third-order valence-electron chi connectivity index (χ3n) is 4.46. The monoisotopic (exact) mass is 342 g/mol. The molecule has 2 nitrogen and oxygen atoms in total. The van der Waals surface area contributed by atoms with Crippen LogP contribution in [0.1, 0.15) is 23.6 Å². The van der Waals surface area contributed by atoms with Gasteiger partial charge in [0.2, 0.25) is 0 Å². The molecule has 3 heteroatoms. The van der Waals surface area contributed by atoms with E-state index in [9.17, 15) is 4.39 Å². The minimum Gasteiger partial charge on any atom is -0.257 e. The largest absolute Gasteiger partial charge is 0.257 e. The van der Waals surface area contributed by atoms with Gasteiger partial charge in [-0.2, -0.15) is 5.10 Å². The van der Waals surface area contributed by atoms with Crippen molar-refractivity contribution in [2.75, 3.05) is 5.01 Å². The van der Waals surface area contributed by atoms with E-state index in [1.807, 2.05) is 53.5 Å². The van der Waals surface area contributed by atoms with Crippen molar-refractivity contribution in [1.29, 1.82) is 0 Å². The molecule has 1 atom stereocenters. The molecule has 128 valence electrons. The fourth-order valence-corrected chi connectivity index (χ4v) is 3.18. The number of allylic oxidation sites excluding steroid dienone is 1. The van der Waals surface area contributed by atoms with E-state index in [1.54, 1.807) is 6.07 Å². The van der Waals surface area contributed by atoms with Crippen LogP contribution in [0.4, 0.5) is 10.1 Å². The van der Waals surface area contributed by atoms with Crippen molar-refractivity contribution in [2.24, 2.45) is 5.10 Å². The van der Waals surface area contributed by atoms with E-state index < -0.39 is 0 Å². The molecule has 3 aromatic rings. The maximum absolute atomic E-state index is 13.7. The number of anilines is 1. The fourth-order valence-electron chi connectivity index (χ4n) is 3.18. The van der Waals surface area contributed by atoms with E-state index in [-0.39, 0.29) is 11.9 Å². The van der Waals surface area contributed by atoms with E-state index in [0.29, 0.717) is 0 Å². The molecule has 0 bridgehead atoms. The van der Waals surface area contributed by atoms with Gasteiger partial charge in [-0.05, 0) is 35.4 Å². The highest BCUT2D eigenvalue weighted by molar-refractivity contribution is 6.01. The highest BCUT2D eigenvalue weighted by atomic mass is 19.1. The molecule has 0 saturated carbocycles. The van der Waals surface area contributed by atoms with E-state index in [1.165, 1.54) is 17.7 Å². The second-order valence-corrected chi connectivity index (χ2v) is 6.29. The Balaban J connectivity index is 1.66. The minimum absolute atomic E-state index is 0.0634. The van der Waals surface area contributed by atoms with Crippen molar-refractivity contribution < 1.29 is 4.39 Å². The van der Waals surface area contributed by atoms with Gasteiger partial charge in [0.05, 0.1) is 17.4 Å². The van der Waals surface area contributed by atoms with Crippen molar-refractivity contribution in [3.8, 4) is 0 Å². The van der Waals surface area contributed by atoms with Crippen LogP contribution < -0.4 is 5.01 Å². The molecule has 0 unspecified atom stereocenters. The number of nitrogens with zero attached hydrogens (tertiary/aromatic N) is 2. The van der Waals surface area contributed by atoms with Crippen LogP contribution in [0.2, 0.25) is 0 Å². The maximum atomic E-state index is 13.7. The zero-order valence-corrected chi connectivity index (χ0v) is 14.3. The van der Waals surface area contributed by atoms with Gasteiger partial charge in [0.25, 0.3) is 0 Å². The smallest absolute Gasteiger partial charge is 0.125 e. The second-order valence-electron chi connectivity index (χ2n) is 6.29. The van der Waals surface area contributed by atoms with Crippen molar-refractivity contribution >= 4 is 17.5 Å². The highest BCUT2D eigenvalue weighted by Crippen LogP contribution is 2.35. The van der Waals surface area contributed by atoms with Gasteiger partial charge >= 0.3 is 0 Å². The van der Waals surface area contributed by atoms with Gasteiger partial charge in [-0.3, -0.25) is 5.01 Å². The lowest BCUT2D eigenvalue weighted by Gasteiger charge is -2.24. The summed E-state index contributed by atoms with van der Waals surface area (Å²) in [7, 11) is 0. The molecule has 0 radical (unpaired) electrons. The normalized spacial score (nSPS) is 16.9. The number of hydrazone groups is 1. The van der Waals surface area contributed by atoms with Crippen LogP contribution in [0.25, 0.3) is 6.08 Å². The molecular formula is C23H19FN2. The standard InChI is InChI=1S/C23H19FN2/c24-20-12-7-13-22(16-20)26-23(19-10-5-2-6-11-19)17-21(25-26)15-14-18-8-3-1-4-9-18/h1-16,23H,17H2/b15-14+/t23-/m0/s1. The fraction of sp³-hybridized carbons (Fsp3) is 0.0870.